The van der Waals surface area contributed by atoms with Gasteiger partial charge in [0, 0.05) is 50.8 Å². The average molecular weight is 442 g/mol. The van der Waals surface area contributed by atoms with Crippen LogP contribution in [0.25, 0.3) is 0 Å². The molecule has 2 fully saturated rings. The molecule has 0 aliphatic carbocycles. The van der Waals surface area contributed by atoms with Crippen molar-refractivity contribution in [2.75, 3.05) is 52.4 Å². The number of carbonyl (C=O) groups is 2. The molecule has 7 nitrogen and oxygen atoms in total. The maximum absolute atomic E-state index is 12.8. The maximum Gasteiger partial charge on any atom is 0.236 e. The first-order chi connectivity index (χ1) is 15.2. The van der Waals surface area contributed by atoms with Crippen LogP contribution in [0.1, 0.15) is 35.9 Å². The molecule has 2 aromatic rings. The molecule has 2 saturated heterocycles. The fourth-order valence-electron chi connectivity index (χ4n) is 4.26. The van der Waals surface area contributed by atoms with Crippen LogP contribution >= 0.6 is 11.3 Å². The zero-order valence-electron chi connectivity index (χ0n) is 17.9. The van der Waals surface area contributed by atoms with Crippen molar-refractivity contribution in [1.29, 1.82) is 0 Å². The van der Waals surface area contributed by atoms with E-state index in [1.165, 1.54) is 6.42 Å². The Morgan fingerprint density at radius 3 is 2.26 bits per heavy atom. The summed E-state index contributed by atoms with van der Waals surface area (Å²) in [6.45, 7) is 5.91. The molecule has 1 aromatic heterocycles. The van der Waals surface area contributed by atoms with E-state index in [4.69, 9.17) is 0 Å². The number of piperazine rings is 1. The standard InChI is InChI=1S/C23H31N5O2S/c29-20(25-22(23-24-9-16-31-23)19-7-3-1-4-8-19)17-26-12-14-27(15-13-26)18-21(30)28-10-5-2-6-11-28/h1,3-4,7-9,16,22H,2,5-6,10-15,17-18H2,(H,25,29). The largest absolute Gasteiger partial charge is 0.342 e. The summed E-state index contributed by atoms with van der Waals surface area (Å²) in [6.07, 6.45) is 5.25. The lowest BCUT2D eigenvalue weighted by atomic mass is 10.1. The molecule has 2 amide bonds. The Morgan fingerprint density at radius 2 is 1.61 bits per heavy atom. The van der Waals surface area contributed by atoms with Crippen LogP contribution in [0.2, 0.25) is 0 Å². The smallest absolute Gasteiger partial charge is 0.236 e. The van der Waals surface area contributed by atoms with Gasteiger partial charge >= 0.3 is 0 Å². The number of thiazole rings is 1. The van der Waals surface area contributed by atoms with Crippen molar-refractivity contribution in [1.82, 2.24) is 25.0 Å². The van der Waals surface area contributed by atoms with Crippen LogP contribution in [-0.2, 0) is 9.59 Å². The monoisotopic (exact) mass is 441 g/mol. The molecule has 1 unspecified atom stereocenters. The molecule has 0 bridgehead atoms. The minimum atomic E-state index is -0.225. The fourth-order valence-corrected chi connectivity index (χ4v) is 4.97. The topological polar surface area (TPSA) is 68.8 Å². The number of amides is 2. The van der Waals surface area contributed by atoms with E-state index in [9.17, 15) is 9.59 Å². The first kappa shape index (κ1) is 21.9. The second-order valence-electron chi connectivity index (χ2n) is 8.28. The van der Waals surface area contributed by atoms with Crippen LogP contribution in [0.15, 0.2) is 41.9 Å². The number of carbonyl (C=O) groups excluding carboxylic acids is 2. The Balaban J connectivity index is 1.25. The van der Waals surface area contributed by atoms with E-state index in [0.717, 1.165) is 62.7 Å². The molecule has 0 saturated carbocycles. The second kappa shape index (κ2) is 10.8. The number of hydrogen-bond acceptors (Lipinski definition) is 6. The molecular formula is C23H31N5O2S. The summed E-state index contributed by atoms with van der Waals surface area (Å²) in [6, 6.07) is 9.74. The van der Waals surface area contributed by atoms with Gasteiger partial charge in [-0.1, -0.05) is 30.3 Å². The van der Waals surface area contributed by atoms with Crippen LogP contribution in [0.5, 0.6) is 0 Å². The van der Waals surface area contributed by atoms with Gasteiger partial charge in [-0.2, -0.15) is 0 Å². The lowest BCUT2D eigenvalue weighted by molar-refractivity contribution is -0.134. The zero-order chi connectivity index (χ0) is 21.5. The first-order valence-electron chi connectivity index (χ1n) is 11.2. The number of hydrogen-bond donors (Lipinski definition) is 1. The first-order valence-corrected chi connectivity index (χ1v) is 12.0. The van der Waals surface area contributed by atoms with Crippen molar-refractivity contribution < 1.29 is 9.59 Å². The molecule has 0 radical (unpaired) electrons. The predicted molar refractivity (Wildman–Crippen MR) is 122 cm³/mol. The SMILES string of the molecule is O=C(CN1CCN(CC(=O)N2CCCCC2)CC1)NC(c1ccccc1)c1nccs1. The lowest BCUT2D eigenvalue weighted by Crippen LogP contribution is -2.52. The van der Waals surface area contributed by atoms with Crippen LogP contribution < -0.4 is 5.32 Å². The molecule has 1 aromatic carbocycles. The van der Waals surface area contributed by atoms with E-state index in [-0.39, 0.29) is 17.9 Å². The van der Waals surface area contributed by atoms with Crippen molar-refractivity contribution in [2.45, 2.75) is 25.3 Å². The second-order valence-corrected chi connectivity index (χ2v) is 9.20. The van der Waals surface area contributed by atoms with E-state index in [2.05, 4.69) is 20.1 Å². The van der Waals surface area contributed by atoms with Crippen molar-refractivity contribution in [2.24, 2.45) is 0 Å². The fraction of sp³-hybridized carbons (Fsp3) is 0.522. The van der Waals surface area contributed by atoms with Crippen molar-refractivity contribution >= 4 is 23.2 Å². The van der Waals surface area contributed by atoms with E-state index in [1.54, 1.807) is 17.5 Å². The molecule has 3 heterocycles. The molecule has 0 spiro atoms. The number of nitrogens with one attached hydrogen (secondary N) is 1. The Bertz CT molecular complexity index is 831. The van der Waals surface area contributed by atoms with Gasteiger partial charge in [0.15, 0.2) is 0 Å². The molecule has 166 valence electrons. The molecular weight excluding hydrogens is 410 g/mol. The number of aromatic nitrogens is 1. The molecule has 1 atom stereocenters. The zero-order valence-corrected chi connectivity index (χ0v) is 18.7. The lowest BCUT2D eigenvalue weighted by Gasteiger charge is -2.35. The summed E-state index contributed by atoms with van der Waals surface area (Å²) in [4.78, 5) is 36.1. The summed E-state index contributed by atoms with van der Waals surface area (Å²) in [5, 5.41) is 5.98. The van der Waals surface area contributed by atoms with Gasteiger partial charge in [0.2, 0.25) is 11.8 Å². The normalized spacial score (nSPS) is 19.2. The minimum absolute atomic E-state index is 0.00176. The molecule has 1 N–H and O–H groups in total. The number of likely N-dealkylation sites (tertiary alicyclic amines) is 1. The highest BCUT2D eigenvalue weighted by atomic mass is 32.1. The van der Waals surface area contributed by atoms with Gasteiger partial charge in [0.1, 0.15) is 11.0 Å². The summed E-state index contributed by atoms with van der Waals surface area (Å²) >= 11 is 1.55. The van der Waals surface area contributed by atoms with E-state index < -0.39 is 0 Å². The quantitative estimate of drug-likeness (QED) is 0.712. The third-order valence-electron chi connectivity index (χ3n) is 6.04. The van der Waals surface area contributed by atoms with Crippen LogP contribution in [0.3, 0.4) is 0 Å². The summed E-state index contributed by atoms with van der Waals surface area (Å²) < 4.78 is 0. The molecule has 8 heteroatoms. The van der Waals surface area contributed by atoms with E-state index in [0.29, 0.717) is 13.1 Å². The highest BCUT2D eigenvalue weighted by Gasteiger charge is 2.25. The van der Waals surface area contributed by atoms with Gasteiger partial charge in [0.25, 0.3) is 0 Å². The van der Waals surface area contributed by atoms with Crippen molar-refractivity contribution in [3.05, 3.63) is 52.5 Å². The maximum atomic E-state index is 12.8. The summed E-state index contributed by atoms with van der Waals surface area (Å²) in [5.41, 5.74) is 1.03. The Kier molecular flexibility index (Phi) is 7.66. The number of nitrogens with zero attached hydrogens (tertiary/aromatic N) is 4. The van der Waals surface area contributed by atoms with Gasteiger partial charge in [-0.3, -0.25) is 19.4 Å². The highest BCUT2D eigenvalue weighted by Crippen LogP contribution is 2.23. The number of piperidine rings is 1. The predicted octanol–water partition coefficient (Wildman–Crippen LogP) is 1.98. The summed E-state index contributed by atoms with van der Waals surface area (Å²) in [7, 11) is 0. The van der Waals surface area contributed by atoms with Gasteiger partial charge < -0.3 is 10.2 Å². The van der Waals surface area contributed by atoms with Crippen molar-refractivity contribution in [3.63, 3.8) is 0 Å². The Morgan fingerprint density at radius 1 is 0.935 bits per heavy atom. The molecule has 2 aliphatic heterocycles. The van der Waals surface area contributed by atoms with Crippen LogP contribution in [-0.4, -0.2) is 83.9 Å². The highest BCUT2D eigenvalue weighted by molar-refractivity contribution is 7.09. The number of rotatable bonds is 7. The summed E-state index contributed by atoms with van der Waals surface area (Å²) in [5.74, 6) is 0.252. The third kappa shape index (κ3) is 6.12. The minimum Gasteiger partial charge on any atom is -0.342 e. The van der Waals surface area contributed by atoms with E-state index in [1.807, 2.05) is 40.6 Å². The van der Waals surface area contributed by atoms with Crippen LogP contribution in [0, 0.1) is 0 Å². The Labute approximate surface area is 188 Å². The van der Waals surface area contributed by atoms with Crippen molar-refractivity contribution in [3.8, 4) is 0 Å². The molecule has 31 heavy (non-hydrogen) atoms. The number of benzene rings is 1. The van der Waals surface area contributed by atoms with E-state index >= 15 is 0 Å². The molecule has 4 rings (SSSR count). The average Bonchev–Trinajstić information content (AvgIpc) is 3.34. The molecule has 2 aliphatic rings. The van der Waals surface area contributed by atoms with Crippen LogP contribution in [0.4, 0.5) is 0 Å². The van der Waals surface area contributed by atoms with Gasteiger partial charge in [-0.05, 0) is 24.8 Å². The third-order valence-corrected chi connectivity index (χ3v) is 6.88. The van der Waals surface area contributed by atoms with Gasteiger partial charge in [-0.25, -0.2) is 4.98 Å². The van der Waals surface area contributed by atoms with Gasteiger partial charge in [-0.15, -0.1) is 11.3 Å². The van der Waals surface area contributed by atoms with Gasteiger partial charge in [0.05, 0.1) is 13.1 Å². The Hall–Kier alpha value is -2.29.